The minimum Gasteiger partial charge on any atom is -0.481 e. The van der Waals surface area contributed by atoms with Crippen molar-refractivity contribution in [2.75, 3.05) is 6.79 Å². The van der Waals surface area contributed by atoms with Gasteiger partial charge in [0.2, 0.25) is 12.7 Å². The fraction of sp³-hybridized carbons (Fsp3) is 0.444. The summed E-state index contributed by atoms with van der Waals surface area (Å²) in [4.78, 5) is 38.8. The predicted octanol–water partition coefficient (Wildman–Crippen LogP) is 4.65. The Morgan fingerprint density at radius 2 is 1.81 bits per heavy atom. The first kappa shape index (κ1) is 25.3. The van der Waals surface area contributed by atoms with Gasteiger partial charge in [-0.3, -0.25) is 9.59 Å². The van der Waals surface area contributed by atoms with Gasteiger partial charge in [-0.15, -0.1) is 0 Å². The first-order valence-electron chi connectivity index (χ1n) is 12.3. The molecule has 1 fully saturated rings. The van der Waals surface area contributed by atoms with E-state index in [0.717, 1.165) is 16.9 Å². The van der Waals surface area contributed by atoms with Crippen LogP contribution in [0.2, 0.25) is 0 Å². The highest BCUT2D eigenvalue weighted by molar-refractivity contribution is 6.03. The third-order valence-electron chi connectivity index (χ3n) is 7.03. The van der Waals surface area contributed by atoms with Crippen LogP contribution in [0.3, 0.4) is 0 Å². The predicted molar refractivity (Wildman–Crippen MR) is 131 cm³/mol. The number of urea groups is 1. The lowest BCUT2D eigenvalue weighted by Gasteiger charge is -2.53. The van der Waals surface area contributed by atoms with Crippen molar-refractivity contribution in [1.29, 1.82) is 0 Å². The number of nitrogens with zero attached hydrogens (tertiary/aromatic N) is 1. The van der Waals surface area contributed by atoms with Gasteiger partial charge in [0.1, 0.15) is 11.2 Å². The maximum Gasteiger partial charge on any atom is 0.327 e. The molecule has 2 aromatic carbocycles. The first-order valence-corrected chi connectivity index (χ1v) is 12.3. The molecule has 4 rings (SSSR count). The number of ether oxygens (including phenoxy) is 3. The maximum absolute atomic E-state index is 13.4. The van der Waals surface area contributed by atoms with Gasteiger partial charge < -0.3 is 24.6 Å². The van der Waals surface area contributed by atoms with Gasteiger partial charge in [0.05, 0.1) is 12.5 Å². The second-order valence-corrected chi connectivity index (χ2v) is 9.13. The standard InChI is InChI=1S/C27H32N2O7/c1-4-7-20(18-10-13-21-22(15-18)35-16-34-21)28-26(33)29-24(32)27(5-2,6-3)25(29)36-19-11-8-17(9-12-19)14-23(30)31/h8-13,15,20,25H,4-7,14,16H2,1-3H3,(H,28,33)(H,30,31)/t20-,25+/m1/s1. The Morgan fingerprint density at radius 1 is 1.11 bits per heavy atom. The summed E-state index contributed by atoms with van der Waals surface area (Å²) in [7, 11) is 0. The molecule has 0 radical (unpaired) electrons. The minimum absolute atomic E-state index is 0.0940. The molecule has 2 aliphatic rings. The van der Waals surface area contributed by atoms with Crippen molar-refractivity contribution in [3.8, 4) is 17.2 Å². The van der Waals surface area contributed by atoms with Crippen LogP contribution >= 0.6 is 0 Å². The number of aliphatic carboxylic acids is 1. The molecule has 3 amide bonds. The number of carboxylic acids is 1. The van der Waals surface area contributed by atoms with Crippen LogP contribution in [0.25, 0.3) is 0 Å². The molecule has 0 unspecified atom stereocenters. The monoisotopic (exact) mass is 496 g/mol. The third-order valence-corrected chi connectivity index (χ3v) is 7.03. The summed E-state index contributed by atoms with van der Waals surface area (Å²) in [5.41, 5.74) is 0.694. The molecule has 2 atom stereocenters. The van der Waals surface area contributed by atoms with Gasteiger partial charge in [0.15, 0.2) is 17.7 Å². The van der Waals surface area contributed by atoms with Crippen LogP contribution in [0, 0.1) is 5.41 Å². The van der Waals surface area contributed by atoms with Crippen molar-refractivity contribution in [1.82, 2.24) is 10.2 Å². The lowest BCUT2D eigenvalue weighted by Crippen LogP contribution is -2.73. The van der Waals surface area contributed by atoms with E-state index in [1.54, 1.807) is 24.3 Å². The molecule has 36 heavy (non-hydrogen) atoms. The van der Waals surface area contributed by atoms with Crippen LogP contribution in [-0.4, -0.2) is 40.9 Å². The van der Waals surface area contributed by atoms with Gasteiger partial charge in [0.25, 0.3) is 0 Å². The number of amides is 3. The molecule has 2 aliphatic heterocycles. The second kappa shape index (κ2) is 10.5. The molecular formula is C27H32N2O7. The molecule has 2 aromatic rings. The molecular weight excluding hydrogens is 464 g/mol. The highest BCUT2D eigenvalue weighted by Gasteiger charge is 2.63. The molecule has 0 saturated carbocycles. The van der Waals surface area contributed by atoms with Gasteiger partial charge in [-0.2, -0.15) is 0 Å². The number of likely N-dealkylation sites (tertiary alicyclic amines) is 1. The fourth-order valence-corrected chi connectivity index (χ4v) is 4.85. The number of hydrogen-bond donors (Lipinski definition) is 2. The van der Waals surface area contributed by atoms with E-state index in [-0.39, 0.29) is 25.2 Å². The lowest BCUT2D eigenvalue weighted by atomic mass is 9.72. The lowest BCUT2D eigenvalue weighted by molar-refractivity contribution is -0.191. The Kier molecular flexibility index (Phi) is 7.37. The van der Waals surface area contributed by atoms with Crippen molar-refractivity contribution in [3.63, 3.8) is 0 Å². The summed E-state index contributed by atoms with van der Waals surface area (Å²) >= 11 is 0. The topological polar surface area (TPSA) is 114 Å². The summed E-state index contributed by atoms with van der Waals surface area (Å²) in [6.45, 7) is 6.02. The molecule has 1 saturated heterocycles. The number of fused-ring (bicyclic) bond motifs is 1. The number of benzene rings is 2. The van der Waals surface area contributed by atoms with Crippen molar-refractivity contribution in [3.05, 3.63) is 53.6 Å². The van der Waals surface area contributed by atoms with E-state index in [9.17, 15) is 14.4 Å². The molecule has 0 aliphatic carbocycles. The Labute approximate surface area is 210 Å². The third kappa shape index (κ3) is 4.69. The van der Waals surface area contributed by atoms with Gasteiger partial charge in [-0.05, 0) is 54.7 Å². The molecule has 2 N–H and O–H groups in total. The van der Waals surface area contributed by atoms with Crippen LogP contribution in [0.5, 0.6) is 17.2 Å². The Hall–Kier alpha value is -3.75. The number of imide groups is 1. The van der Waals surface area contributed by atoms with Gasteiger partial charge in [-0.25, -0.2) is 9.69 Å². The molecule has 0 bridgehead atoms. The molecule has 192 valence electrons. The van der Waals surface area contributed by atoms with Crippen molar-refractivity contribution >= 4 is 17.9 Å². The van der Waals surface area contributed by atoms with Crippen molar-refractivity contribution in [2.45, 2.75) is 65.1 Å². The van der Waals surface area contributed by atoms with E-state index in [2.05, 4.69) is 5.32 Å². The molecule has 0 spiro atoms. The quantitative estimate of drug-likeness (QED) is 0.460. The fourth-order valence-electron chi connectivity index (χ4n) is 4.85. The molecule has 0 aromatic heterocycles. The normalized spacial score (nSPS) is 18.4. The number of carbonyl (C=O) groups is 3. The van der Waals surface area contributed by atoms with Crippen molar-refractivity contribution < 1.29 is 33.7 Å². The van der Waals surface area contributed by atoms with Crippen LogP contribution < -0.4 is 19.5 Å². The zero-order valence-electron chi connectivity index (χ0n) is 20.8. The highest BCUT2D eigenvalue weighted by atomic mass is 16.7. The summed E-state index contributed by atoms with van der Waals surface area (Å²) < 4.78 is 17.1. The number of β-lactam (4-membered cyclic amide) rings is 1. The zero-order chi connectivity index (χ0) is 25.9. The van der Waals surface area contributed by atoms with Gasteiger partial charge in [0, 0.05) is 0 Å². The number of carbonyl (C=O) groups excluding carboxylic acids is 2. The number of rotatable bonds is 10. The van der Waals surface area contributed by atoms with E-state index in [1.807, 2.05) is 39.0 Å². The van der Waals surface area contributed by atoms with Gasteiger partial charge >= 0.3 is 12.0 Å². The highest BCUT2D eigenvalue weighted by Crippen LogP contribution is 2.46. The van der Waals surface area contributed by atoms with Crippen LogP contribution in [-0.2, 0) is 16.0 Å². The van der Waals surface area contributed by atoms with Crippen LogP contribution in [0.1, 0.15) is 63.6 Å². The summed E-state index contributed by atoms with van der Waals surface area (Å²) in [6.07, 6.45) is 1.68. The van der Waals surface area contributed by atoms with E-state index >= 15 is 0 Å². The summed E-state index contributed by atoms with van der Waals surface area (Å²) in [5, 5.41) is 12.0. The average molecular weight is 497 g/mol. The Bertz CT molecular complexity index is 1130. The summed E-state index contributed by atoms with van der Waals surface area (Å²) in [5.74, 6) is 0.574. The van der Waals surface area contributed by atoms with Crippen LogP contribution in [0.4, 0.5) is 4.79 Å². The second-order valence-electron chi connectivity index (χ2n) is 9.13. The smallest absolute Gasteiger partial charge is 0.327 e. The van der Waals surface area contributed by atoms with E-state index in [1.165, 1.54) is 0 Å². The first-order chi connectivity index (χ1) is 17.3. The largest absolute Gasteiger partial charge is 0.481 e. The number of nitrogens with one attached hydrogen (secondary N) is 1. The zero-order valence-corrected chi connectivity index (χ0v) is 20.8. The molecule has 2 heterocycles. The summed E-state index contributed by atoms with van der Waals surface area (Å²) in [6, 6.07) is 11.4. The SMILES string of the molecule is CCC[C@@H](NC(=O)N1C(=O)C(CC)(CC)[C@@H]1Oc1ccc(CC(=O)O)cc1)c1ccc2c(c1)OCO2. The van der Waals surface area contributed by atoms with Crippen molar-refractivity contribution in [2.24, 2.45) is 5.41 Å². The Morgan fingerprint density at radius 3 is 2.44 bits per heavy atom. The van der Waals surface area contributed by atoms with E-state index < -0.39 is 23.6 Å². The van der Waals surface area contributed by atoms with Crippen LogP contribution in [0.15, 0.2) is 42.5 Å². The number of carboxylic acid groups (broad SMARTS) is 1. The molecule has 9 nitrogen and oxygen atoms in total. The number of hydrogen-bond acceptors (Lipinski definition) is 6. The molecule has 9 heteroatoms. The Balaban J connectivity index is 1.54. The van der Waals surface area contributed by atoms with Gasteiger partial charge in [-0.1, -0.05) is 45.4 Å². The average Bonchev–Trinajstić information content (AvgIpc) is 3.33. The van der Waals surface area contributed by atoms with E-state index in [4.69, 9.17) is 19.3 Å². The maximum atomic E-state index is 13.4. The minimum atomic E-state index is -0.920. The van der Waals surface area contributed by atoms with E-state index in [0.29, 0.717) is 42.1 Å².